The number of piperidine rings is 1. The Morgan fingerprint density at radius 2 is 2.00 bits per heavy atom. The maximum atomic E-state index is 13.7. The summed E-state index contributed by atoms with van der Waals surface area (Å²) in [5, 5.41) is 3.12. The lowest BCUT2D eigenvalue weighted by Crippen LogP contribution is -2.43. The van der Waals surface area contributed by atoms with Crippen LogP contribution in [0.2, 0.25) is 0 Å². The van der Waals surface area contributed by atoms with Gasteiger partial charge in [0.05, 0.1) is 17.1 Å². The highest BCUT2D eigenvalue weighted by Gasteiger charge is 2.30. The van der Waals surface area contributed by atoms with Gasteiger partial charge in [-0.1, -0.05) is 0 Å². The topological polar surface area (TPSA) is 75.7 Å². The summed E-state index contributed by atoms with van der Waals surface area (Å²) < 4.78 is 45.2. The molecule has 1 fully saturated rings. The zero-order valence-corrected chi connectivity index (χ0v) is 14.0. The van der Waals surface area contributed by atoms with Gasteiger partial charge in [0, 0.05) is 19.1 Å². The van der Waals surface area contributed by atoms with Crippen LogP contribution in [0.25, 0.3) is 0 Å². The van der Waals surface area contributed by atoms with Crippen molar-refractivity contribution in [3.63, 3.8) is 0 Å². The van der Waals surface area contributed by atoms with Gasteiger partial charge in [0.25, 0.3) is 0 Å². The van der Waals surface area contributed by atoms with Crippen molar-refractivity contribution >= 4 is 16.0 Å². The summed E-state index contributed by atoms with van der Waals surface area (Å²) in [6.45, 7) is 2.48. The molecule has 1 N–H and O–H groups in total. The van der Waals surface area contributed by atoms with Crippen molar-refractivity contribution < 1.29 is 22.3 Å². The van der Waals surface area contributed by atoms with Crippen molar-refractivity contribution in [2.24, 2.45) is 0 Å². The molecule has 1 heterocycles. The zero-order valence-electron chi connectivity index (χ0n) is 13.2. The van der Waals surface area contributed by atoms with E-state index in [1.807, 2.05) is 7.05 Å². The molecule has 6 nitrogen and oxygen atoms in total. The minimum atomic E-state index is -3.83. The third-order valence-electron chi connectivity index (χ3n) is 3.88. The highest BCUT2D eigenvalue weighted by atomic mass is 32.2. The van der Waals surface area contributed by atoms with Gasteiger partial charge in [-0.3, -0.25) is 0 Å². The Bertz CT molecular complexity index is 670. The van der Waals surface area contributed by atoms with E-state index in [0.29, 0.717) is 25.9 Å². The molecule has 1 aliphatic rings. The van der Waals surface area contributed by atoms with Gasteiger partial charge in [-0.2, -0.15) is 4.31 Å². The minimum Gasteiger partial charge on any atom is -0.462 e. The standard InChI is InChI=1S/C15H21FN2O4S/c1-3-22-15(19)11-8-12(16)10-14(9-11)23(20,21)18-6-4-13(17-2)5-7-18/h8-10,13,17H,3-7H2,1-2H3. The summed E-state index contributed by atoms with van der Waals surface area (Å²) >= 11 is 0. The lowest BCUT2D eigenvalue weighted by Gasteiger charge is -2.31. The Hall–Kier alpha value is -1.51. The first-order valence-corrected chi connectivity index (χ1v) is 8.97. The fourth-order valence-corrected chi connectivity index (χ4v) is 4.10. The van der Waals surface area contributed by atoms with Crippen LogP contribution in [-0.4, -0.2) is 51.5 Å². The number of hydrogen-bond acceptors (Lipinski definition) is 5. The van der Waals surface area contributed by atoms with Gasteiger partial charge in [0.1, 0.15) is 5.82 Å². The second kappa shape index (κ2) is 7.37. The summed E-state index contributed by atoms with van der Waals surface area (Å²) in [7, 11) is -1.99. The molecule has 0 bridgehead atoms. The smallest absolute Gasteiger partial charge is 0.338 e. The molecule has 0 atom stereocenters. The maximum absolute atomic E-state index is 13.7. The van der Waals surface area contributed by atoms with E-state index >= 15 is 0 Å². The highest BCUT2D eigenvalue weighted by molar-refractivity contribution is 7.89. The second-order valence-electron chi connectivity index (χ2n) is 5.36. The summed E-state index contributed by atoms with van der Waals surface area (Å²) in [5.41, 5.74) is -0.101. The Balaban J connectivity index is 2.27. The third-order valence-corrected chi connectivity index (χ3v) is 5.76. The number of nitrogens with zero attached hydrogens (tertiary/aromatic N) is 1. The van der Waals surface area contributed by atoms with Gasteiger partial charge in [-0.15, -0.1) is 0 Å². The molecule has 23 heavy (non-hydrogen) atoms. The van der Waals surface area contributed by atoms with Crippen molar-refractivity contribution in [2.45, 2.75) is 30.7 Å². The van der Waals surface area contributed by atoms with E-state index in [2.05, 4.69) is 5.32 Å². The normalized spacial score (nSPS) is 17.2. The van der Waals surface area contributed by atoms with Gasteiger partial charge in [-0.25, -0.2) is 17.6 Å². The molecule has 0 amide bonds. The van der Waals surface area contributed by atoms with Crippen molar-refractivity contribution in [3.05, 3.63) is 29.6 Å². The number of carbonyl (C=O) groups excluding carboxylic acids is 1. The van der Waals surface area contributed by atoms with Crippen LogP contribution >= 0.6 is 0 Å². The largest absolute Gasteiger partial charge is 0.462 e. The van der Waals surface area contributed by atoms with Gasteiger partial charge >= 0.3 is 5.97 Å². The van der Waals surface area contributed by atoms with E-state index in [4.69, 9.17) is 4.74 Å². The molecular weight excluding hydrogens is 323 g/mol. The number of carbonyl (C=O) groups is 1. The van der Waals surface area contributed by atoms with Crippen molar-refractivity contribution in [1.29, 1.82) is 0 Å². The van der Waals surface area contributed by atoms with Crippen molar-refractivity contribution in [3.8, 4) is 0 Å². The molecule has 1 saturated heterocycles. The second-order valence-corrected chi connectivity index (χ2v) is 7.30. The molecule has 0 spiro atoms. The van der Waals surface area contributed by atoms with Crippen LogP contribution in [0.5, 0.6) is 0 Å². The monoisotopic (exact) mass is 344 g/mol. The molecular formula is C15H21FN2O4S. The minimum absolute atomic E-state index is 0.101. The third kappa shape index (κ3) is 4.07. The fraction of sp³-hybridized carbons (Fsp3) is 0.533. The SMILES string of the molecule is CCOC(=O)c1cc(F)cc(S(=O)(=O)N2CCC(NC)CC2)c1. The molecule has 2 rings (SSSR count). The summed E-state index contributed by atoms with van der Waals surface area (Å²) in [6.07, 6.45) is 1.38. The first-order chi connectivity index (χ1) is 10.9. The number of nitrogens with one attached hydrogen (secondary N) is 1. The Labute approximate surface area is 135 Å². The summed E-state index contributed by atoms with van der Waals surface area (Å²) in [5.74, 6) is -1.52. The van der Waals surface area contributed by atoms with E-state index < -0.39 is 21.8 Å². The lowest BCUT2D eigenvalue weighted by molar-refractivity contribution is 0.0525. The molecule has 0 saturated carbocycles. The van der Waals surface area contributed by atoms with Gasteiger partial charge in [0.2, 0.25) is 10.0 Å². The number of halogens is 1. The van der Waals surface area contributed by atoms with Crippen LogP contribution < -0.4 is 5.32 Å². The molecule has 128 valence electrons. The van der Waals surface area contributed by atoms with Gasteiger partial charge < -0.3 is 10.1 Å². The molecule has 8 heteroatoms. The summed E-state index contributed by atoms with van der Waals surface area (Å²) in [6, 6.07) is 3.36. The van der Waals surface area contributed by atoms with E-state index in [9.17, 15) is 17.6 Å². The molecule has 0 aliphatic carbocycles. The van der Waals surface area contributed by atoms with Crippen LogP contribution in [0.4, 0.5) is 4.39 Å². The van der Waals surface area contributed by atoms with Crippen LogP contribution in [0.1, 0.15) is 30.1 Å². The van der Waals surface area contributed by atoms with Crippen LogP contribution in [0.3, 0.4) is 0 Å². The molecule has 1 aromatic rings. The van der Waals surface area contributed by atoms with Crippen molar-refractivity contribution in [1.82, 2.24) is 9.62 Å². The number of ether oxygens (including phenoxy) is 1. The van der Waals surface area contributed by atoms with Gasteiger partial charge in [0.15, 0.2) is 0 Å². The first kappa shape index (κ1) is 17.8. The molecule has 1 aliphatic heterocycles. The quantitative estimate of drug-likeness (QED) is 0.817. The van der Waals surface area contributed by atoms with E-state index in [0.717, 1.165) is 12.1 Å². The predicted octanol–water partition coefficient (Wildman–Crippen LogP) is 1.37. The molecule has 0 radical (unpaired) electrons. The van der Waals surface area contributed by atoms with E-state index in [-0.39, 0.29) is 23.1 Å². The lowest BCUT2D eigenvalue weighted by atomic mass is 10.1. The van der Waals surface area contributed by atoms with Crippen LogP contribution in [0, 0.1) is 5.82 Å². The maximum Gasteiger partial charge on any atom is 0.338 e. The van der Waals surface area contributed by atoms with E-state index in [1.54, 1.807) is 6.92 Å². The average Bonchev–Trinajstić information content (AvgIpc) is 2.54. The van der Waals surface area contributed by atoms with E-state index in [1.165, 1.54) is 10.4 Å². The number of hydrogen-bond donors (Lipinski definition) is 1. The first-order valence-electron chi connectivity index (χ1n) is 7.53. The number of rotatable bonds is 5. The Morgan fingerprint density at radius 1 is 1.35 bits per heavy atom. The summed E-state index contributed by atoms with van der Waals surface area (Å²) in [4.78, 5) is 11.5. The van der Waals surface area contributed by atoms with Crippen LogP contribution in [0.15, 0.2) is 23.1 Å². The average molecular weight is 344 g/mol. The van der Waals surface area contributed by atoms with Crippen molar-refractivity contribution in [2.75, 3.05) is 26.7 Å². The predicted molar refractivity (Wildman–Crippen MR) is 83.2 cm³/mol. The zero-order chi connectivity index (χ0) is 17.0. The number of esters is 1. The van der Waals surface area contributed by atoms with Crippen LogP contribution in [-0.2, 0) is 14.8 Å². The molecule has 0 unspecified atom stereocenters. The highest BCUT2D eigenvalue weighted by Crippen LogP contribution is 2.23. The van der Waals surface area contributed by atoms with Gasteiger partial charge in [-0.05, 0) is 45.0 Å². The Morgan fingerprint density at radius 3 is 2.57 bits per heavy atom. The molecule has 1 aromatic carbocycles. The molecule has 0 aromatic heterocycles. The number of sulfonamides is 1. The Kier molecular flexibility index (Phi) is 5.72. The fourth-order valence-electron chi connectivity index (χ4n) is 2.58. The number of benzene rings is 1.